The molecule has 0 aliphatic heterocycles. The molecule has 0 saturated heterocycles. The maximum Gasteiger partial charge on any atom is 0.276 e. The zero-order chi connectivity index (χ0) is 17.2. The van der Waals surface area contributed by atoms with Crippen molar-refractivity contribution >= 4 is 17.4 Å². The SMILES string of the molecule is CCCCN(CCCO)c1ccc(C(=O)Nc2ccccc2)nn1. The summed E-state index contributed by atoms with van der Waals surface area (Å²) in [6.07, 6.45) is 2.81. The molecule has 1 aromatic carbocycles. The van der Waals surface area contributed by atoms with Gasteiger partial charge < -0.3 is 15.3 Å². The largest absolute Gasteiger partial charge is 0.396 e. The van der Waals surface area contributed by atoms with Gasteiger partial charge in [0.05, 0.1) is 0 Å². The molecule has 0 spiro atoms. The van der Waals surface area contributed by atoms with Crippen molar-refractivity contribution in [3.8, 4) is 0 Å². The van der Waals surface area contributed by atoms with E-state index in [0.717, 1.165) is 37.4 Å². The summed E-state index contributed by atoms with van der Waals surface area (Å²) in [5.41, 5.74) is 1.00. The van der Waals surface area contributed by atoms with E-state index in [0.29, 0.717) is 6.42 Å². The van der Waals surface area contributed by atoms with Crippen LogP contribution in [0.15, 0.2) is 42.5 Å². The van der Waals surface area contributed by atoms with Crippen LogP contribution in [0.1, 0.15) is 36.7 Å². The molecular weight excluding hydrogens is 304 g/mol. The molecule has 1 aromatic heterocycles. The number of amides is 1. The summed E-state index contributed by atoms with van der Waals surface area (Å²) in [5, 5.41) is 20.0. The number of nitrogens with one attached hydrogen (secondary N) is 1. The van der Waals surface area contributed by atoms with Crippen LogP contribution in [0.3, 0.4) is 0 Å². The molecule has 0 aliphatic rings. The first kappa shape index (κ1) is 17.9. The summed E-state index contributed by atoms with van der Waals surface area (Å²) < 4.78 is 0. The van der Waals surface area contributed by atoms with Crippen molar-refractivity contribution in [3.05, 3.63) is 48.2 Å². The van der Waals surface area contributed by atoms with Gasteiger partial charge in [0.25, 0.3) is 5.91 Å². The van der Waals surface area contributed by atoms with E-state index in [-0.39, 0.29) is 18.2 Å². The highest BCUT2D eigenvalue weighted by Crippen LogP contribution is 2.13. The Bertz CT molecular complexity index is 609. The topological polar surface area (TPSA) is 78.4 Å². The number of carbonyl (C=O) groups is 1. The number of hydrogen-bond acceptors (Lipinski definition) is 5. The first-order chi connectivity index (χ1) is 11.7. The molecule has 24 heavy (non-hydrogen) atoms. The first-order valence-corrected chi connectivity index (χ1v) is 8.30. The molecule has 2 N–H and O–H groups in total. The zero-order valence-electron chi connectivity index (χ0n) is 14.0. The molecule has 0 atom stereocenters. The lowest BCUT2D eigenvalue weighted by Crippen LogP contribution is -2.27. The number of unbranched alkanes of at least 4 members (excludes halogenated alkanes) is 1. The van der Waals surface area contributed by atoms with E-state index in [1.54, 1.807) is 12.1 Å². The van der Waals surface area contributed by atoms with Crippen LogP contribution in [-0.2, 0) is 0 Å². The minimum atomic E-state index is -0.282. The van der Waals surface area contributed by atoms with E-state index in [1.807, 2.05) is 30.3 Å². The number of rotatable bonds is 9. The number of carbonyl (C=O) groups excluding carboxylic acids is 1. The monoisotopic (exact) mass is 328 g/mol. The van der Waals surface area contributed by atoms with E-state index in [9.17, 15) is 4.79 Å². The number of aliphatic hydroxyl groups excluding tert-OH is 1. The van der Waals surface area contributed by atoms with Crippen LogP contribution in [0.2, 0.25) is 0 Å². The first-order valence-electron chi connectivity index (χ1n) is 8.30. The van der Waals surface area contributed by atoms with E-state index in [4.69, 9.17) is 5.11 Å². The average molecular weight is 328 g/mol. The Labute approximate surface area is 142 Å². The molecular formula is C18H24N4O2. The third-order valence-corrected chi connectivity index (χ3v) is 3.61. The van der Waals surface area contributed by atoms with Crippen molar-refractivity contribution in [2.24, 2.45) is 0 Å². The van der Waals surface area contributed by atoms with Gasteiger partial charge in [-0.1, -0.05) is 31.5 Å². The molecule has 2 rings (SSSR count). The second kappa shape index (κ2) is 9.62. The number of aromatic nitrogens is 2. The van der Waals surface area contributed by atoms with Crippen LogP contribution in [0.25, 0.3) is 0 Å². The van der Waals surface area contributed by atoms with Gasteiger partial charge >= 0.3 is 0 Å². The molecule has 0 aliphatic carbocycles. The summed E-state index contributed by atoms with van der Waals surface area (Å²) in [6.45, 7) is 3.86. The van der Waals surface area contributed by atoms with Gasteiger partial charge in [-0.15, -0.1) is 10.2 Å². The van der Waals surface area contributed by atoms with Crippen molar-refractivity contribution in [2.45, 2.75) is 26.2 Å². The van der Waals surface area contributed by atoms with Gasteiger partial charge in [-0.3, -0.25) is 4.79 Å². The number of anilines is 2. The Morgan fingerprint density at radius 3 is 2.46 bits per heavy atom. The maximum absolute atomic E-state index is 12.2. The normalized spacial score (nSPS) is 10.4. The fourth-order valence-electron chi connectivity index (χ4n) is 2.28. The Kier molecular flexibility index (Phi) is 7.17. The quantitative estimate of drug-likeness (QED) is 0.740. The number of nitrogens with zero attached hydrogens (tertiary/aromatic N) is 3. The van der Waals surface area contributed by atoms with E-state index >= 15 is 0 Å². The predicted octanol–water partition coefficient (Wildman–Crippen LogP) is 2.72. The molecule has 0 saturated carbocycles. The third-order valence-electron chi connectivity index (χ3n) is 3.61. The Morgan fingerprint density at radius 2 is 1.83 bits per heavy atom. The fraction of sp³-hybridized carbons (Fsp3) is 0.389. The molecule has 6 heteroatoms. The molecule has 128 valence electrons. The van der Waals surface area contributed by atoms with Crippen LogP contribution < -0.4 is 10.2 Å². The lowest BCUT2D eigenvalue weighted by atomic mass is 10.2. The standard InChI is InChI=1S/C18H24N4O2/c1-2-3-12-22(13-7-14-23)17-11-10-16(20-21-17)18(24)19-15-8-5-4-6-9-15/h4-6,8-11,23H,2-3,7,12-14H2,1H3,(H,19,24). The van der Waals surface area contributed by atoms with Gasteiger partial charge in [-0.25, -0.2) is 0 Å². The molecule has 0 radical (unpaired) electrons. The van der Waals surface area contributed by atoms with E-state index in [1.165, 1.54) is 0 Å². The van der Waals surface area contributed by atoms with Crippen LogP contribution >= 0.6 is 0 Å². The maximum atomic E-state index is 12.2. The van der Waals surface area contributed by atoms with Crippen LogP contribution in [0.4, 0.5) is 11.5 Å². The van der Waals surface area contributed by atoms with Gasteiger partial charge in [0.2, 0.25) is 0 Å². The highest BCUT2D eigenvalue weighted by Gasteiger charge is 2.12. The number of aliphatic hydroxyl groups is 1. The smallest absolute Gasteiger partial charge is 0.276 e. The number of hydrogen-bond donors (Lipinski definition) is 2. The molecule has 2 aromatic rings. The van der Waals surface area contributed by atoms with Gasteiger partial charge in [0.15, 0.2) is 11.5 Å². The van der Waals surface area contributed by atoms with Gasteiger partial charge in [0, 0.05) is 25.4 Å². The lowest BCUT2D eigenvalue weighted by molar-refractivity contribution is 0.102. The molecule has 0 fully saturated rings. The summed E-state index contributed by atoms with van der Waals surface area (Å²) >= 11 is 0. The second-order valence-electron chi connectivity index (χ2n) is 5.51. The van der Waals surface area contributed by atoms with Gasteiger partial charge in [0.1, 0.15) is 0 Å². The van der Waals surface area contributed by atoms with Crippen molar-refractivity contribution in [3.63, 3.8) is 0 Å². The summed E-state index contributed by atoms with van der Waals surface area (Å²) in [5.74, 6) is 0.448. The Hall–Kier alpha value is -2.47. The minimum Gasteiger partial charge on any atom is -0.396 e. The second-order valence-corrected chi connectivity index (χ2v) is 5.51. The van der Waals surface area contributed by atoms with Gasteiger partial charge in [-0.05, 0) is 37.1 Å². The lowest BCUT2D eigenvalue weighted by Gasteiger charge is -2.22. The zero-order valence-corrected chi connectivity index (χ0v) is 14.0. The minimum absolute atomic E-state index is 0.146. The van der Waals surface area contributed by atoms with Crippen molar-refractivity contribution in [2.75, 3.05) is 29.9 Å². The van der Waals surface area contributed by atoms with E-state index < -0.39 is 0 Å². The summed E-state index contributed by atoms with van der Waals surface area (Å²) in [6, 6.07) is 12.7. The fourth-order valence-corrected chi connectivity index (χ4v) is 2.28. The highest BCUT2D eigenvalue weighted by atomic mass is 16.3. The third kappa shape index (κ3) is 5.31. The predicted molar refractivity (Wildman–Crippen MR) is 95.3 cm³/mol. The van der Waals surface area contributed by atoms with E-state index in [2.05, 4.69) is 27.3 Å². The Morgan fingerprint density at radius 1 is 1.08 bits per heavy atom. The van der Waals surface area contributed by atoms with Crippen LogP contribution in [0, 0.1) is 0 Å². The van der Waals surface area contributed by atoms with Crippen LogP contribution in [0.5, 0.6) is 0 Å². The van der Waals surface area contributed by atoms with Crippen molar-refractivity contribution in [1.29, 1.82) is 0 Å². The number of para-hydroxylation sites is 1. The molecule has 0 unspecified atom stereocenters. The number of benzene rings is 1. The van der Waals surface area contributed by atoms with Crippen molar-refractivity contribution in [1.82, 2.24) is 10.2 Å². The molecule has 6 nitrogen and oxygen atoms in total. The molecule has 1 amide bonds. The highest BCUT2D eigenvalue weighted by molar-refractivity contribution is 6.02. The summed E-state index contributed by atoms with van der Waals surface area (Å²) in [4.78, 5) is 14.3. The molecule has 0 bridgehead atoms. The van der Waals surface area contributed by atoms with Crippen molar-refractivity contribution < 1.29 is 9.90 Å². The summed E-state index contributed by atoms with van der Waals surface area (Å²) in [7, 11) is 0. The average Bonchev–Trinajstić information content (AvgIpc) is 2.63. The Balaban J connectivity index is 2.03. The van der Waals surface area contributed by atoms with Crippen LogP contribution in [-0.4, -0.2) is 40.9 Å². The van der Waals surface area contributed by atoms with Gasteiger partial charge in [-0.2, -0.15) is 0 Å². The molecule has 1 heterocycles.